The van der Waals surface area contributed by atoms with Gasteiger partial charge in [-0.3, -0.25) is 9.63 Å². The minimum absolute atomic E-state index is 0.236. The first-order valence-electron chi connectivity index (χ1n) is 1.98. The molecule has 0 aromatic carbocycles. The molecular formula is C3H6N2O2. The van der Waals surface area contributed by atoms with Gasteiger partial charge in [0.15, 0.2) is 0 Å². The largest absolute Gasteiger partial charge is 0.318 e. The number of carbonyl (C=O) groups excluding carboxylic acids is 1. The first-order chi connectivity index (χ1) is 3.30. The summed E-state index contributed by atoms with van der Waals surface area (Å²) in [5, 5.41) is 0. The topological polar surface area (TPSA) is 64.3 Å². The molecule has 4 heteroatoms. The van der Waals surface area contributed by atoms with Gasteiger partial charge in [-0.15, -0.1) is 0 Å². The van der Waals surface area contributed by atoms with E-state index < -0.39 is 6.04 Å². The number of amides is 1. The second-order valence-electron chi connectivity index (χ2n) is 1.38. The van der Waals surface area contributed by atoms with Crippen molar-refractivity contribution in [3.05, 3.63) is 0 Å². The van der Waals surface area contributed by atoms with Crippen molar-refractivity contribution in [2.75, 3.05) is 6.61 Å². The van der Waals surface area contributed by atoms with Crippen LogP contribution in [0, 0.1) is 0 Å². The van der Waals surface area contributed by atoms with Crippen LogP contribution in [-0.4, -0.2) is 18.6 Å². The van der Waals surface area contributed by atoms with Crippen molar-refractivity contribution in [3.63, 3.8) is 0 Å². The van der Waals surface area contributed by atoms with Gasteiger partial charge in [0.05, 0.1) is 6.61 Å². The molecule has 1 rings (SSSR count). The number of carbonyl (C=O) groups is 1. The molecule has 4 nitrogen and oxygen atoms in total. The molecule has 1 aliphatic heterocycles. The van der Waals surface area contributed by atoms with Crippen LogP contribution in [0.15, 0.2) is 0 Å². The zero-order valence-corrected chi connectivity index (χ0v) is 3.68. The zero-order chi connectivity index (χ0) is 5.28. The van der Waals surface area contributed by atoms with E-state index >= 15 is 0 Å². The van der Waals surface area contributed by atoms with Gasteiger partial charge in [0.2, 0.25) is 0 Å². The summed E-state index contributed by atoms with van der Waals surface area (Å²) in [6.45, 7) is 0.291. The molecular weight excluding hydrogens is 100 g/mol. The van der Waals surface area contributed by atoms with Crippen molar-refractivity contribution >= 4 is 5.91 Å². The highest BCUT2D eigenvalue weighted by Crippen LogP contribution is 1.87. The van der Waals surface area contributed by atoms with E-state index in [2.05, 4.69) is 10.3 Å². The van der Waals surface area contributed by atoms with Crippen LogP contribution in [0.2, 0.25) is 0 Å². The van der Waals surface area contributed by atoms with Gasteiger partial charge >= 0.3 is 0 Å². The lowest BCUT2D eigenvalue weighted by Gasteiger charge is -1.87. The van der Waals surface area contributed by atoms with E-state index in [9.17, 15) is 4.79 Å². The predicted molar refractivity (Wildman–Crippen MR) is 22.1 cm³/mol. The first kappa shape index (κ1) is 4.55. The maximum atomic E-state index is 10.2. The zero-order valence-electron chi connectivity index (χ0n) is 3.68. The predicted octanol–water partition coefficient (Wildman–Crippen LogP) is -1.62. The molecule has 1 saturated heterocycles. The van der Waals surface area contributed by atoms with Crippen molar-refractivity contribution in [1.29, 1.82) is 0 Å². The summed E-state index contributed by atoms with van der Waals surface area (Å²) in [6, 6.07) is -0.458. The number of hydrogen-bond donors (Lipinski definition) is 2. The van der Waals surface area contributed by atoms with E-state index in [-0.39, 0.29) is 5.91 Å². The van der Waals surface area contributed by atoms with Gasteiger partial charge in [-0.1, -0.05) is 0 Å². The molecule has 0 spiro atoms. The number of rotatable bonds is 0. The maximum Gasteiger partial charge on any atom is 0.262 e. The molecule has 1 aliphatic rings. The lowest BCUT2D eigenvalue weighted by molar-refractivity contribution is -0.124. The summed E-state index contributed by atoms with van der Waals surface area (Å²) in [6.07, 6.45) is 0. The molecule has 0 bridgehead atoms. The van der Waals surface area contributed by atoms with Crippen LogP contribution in [0.25, 0.3) is 0 Å². The third-order valence-corrected chi connectivity index (χ3v) is 0.772. The van der Waals surface area contributed by atoms with E-state index in [1.54, 1.807) is 0 Å². The van der Waals surface area contributed by atoms with Gasteiger partial charge in [0.1, 0.15) is 6.04 Å². The molecule has 0 unspecified atom stereocenters. The number of hydroxylamine groups is 1. The maximum absolute atomic E-state index is 10.2. The van der Waals surface area contributed by atoms with E-state index in [0.29, 0.717) is 6.61 Å². The molecule has 1 heterocycles. The van der Waals surface area contributed by atoms with E-state index in [1.165, 1.54) is 0 Å². The quantitative estimate of drug-likeness (QED) is 0.288. The van der Waals surface area contributed by atoms with E-state index in [1.807, 2.05) is 0 Å². The molecule has 0 aromatic rings. The van der Waals surface area contributed by atoms with Crippen LogP contribution >= 0.6 is 0 Å². The average Bonchev–Trinajstić information content (AvgIpc) is 1.91. The van der Waals surface area contributed by atoms with Crippen molar-refractivity contribution in [2.24, 2.45) is 5.73 Å². The highest BCUT2D eigenvalue weighted by atomic mass is 16.7. The van der Waals surface area contributed by atoms with E-state index in [4.69, 9.17) is 5.73 Å². The summed E-state index contributed by atoms with van der Waals surface area (Å²) in [4.78, 5) is 14.7. The smallest absolute Gasteiger partial charge is 0.262 e. The molecule has 0 aromatic heterocycles. The minimum atomic E-state index is -0.458. The Labute approximate surface area is 40.6 Å². The summed E-state index contributed by atoms with van der Waals surface area (Å²) in [5.74, 6) is -0.236. The Kier molecular flexibility index (Phi) is 0.958. The van der Waals surface area contributed by atoms with Gasteiger partial charge in [0, 0.05) is 0 Å². The fourth-order valence-corrected chi connectivity index (χ4v) is 0.354. The number of hydrogen-bond acceptors (Lipinski definition) is 3. The molecule has 0 radical (unpaired) electrons. The first-order valence-corrected chi connectivity index (χ1v) is 1.98. The van der Waals surface area contributed by atoms with Crippen LogP contribution in [0.5, 0.6) is 0 Å². The van der Waals surface area contributed by atoms with Gasteiger partial charge in [-0.25, -0.2) is 5.48 Å². The Balaban J connectivity index is 2.48. The van der Waals surface area contributed by atoms with Crippen molar-refractivity contribution in [1.82, 2.24) is 5.48 Å². The van der Waals surface area contributed by atoms with Crippen molar-refractivity contribution in [3.8, 4) is 0 Å². The SMILES string of the molecule is [15NH2][13C@@H]1[13CH2]ON[13C]1=O. The summed E-state index contributed by atoms with van der Waals surface area (Å²) >= 11 is 0. The third-order valence-electron chi connectivity index (χ3n) is 0.772. The highest BCUT2D eigenvalue weighted by molar-refractivity contribution is 5.81. The highest BCUT2D eigenvalue weighted by Gasteiger charge is 2.19. The Morgan fingerprint density at radius 3 is 2.86 bits per heavy atom. The van der Waals surface area contributed by atoms with E-state index in [0.717, 1.165) is 0 Å². The lowest BCUT2D eigenvalue weighted by Crippen LogP contribution is -2.31. The molecule has 7 heavy (non-hydrogen) atoms. The second kappa shape index (κ2) is 1.48. The molecule has 0 saturated carbocycles. The van der Waals surface area contributed by atoms with Gasteiger partial charge in [0.25, 0.3) is 5.91 Å². The fourth-order valence-electron chi connectivity index (χ4n) is 0.354. The summed E-state index contributed by atoms with van der Waals surface area (Å²) in [5.41, 5.74) is 7.25. The van der Waals surface area contributed by atoms with Gasteiger partial charge in [-0.05, 0) is 0 Å². The lowest BCUT2D eigenvalue weighted by atomic mass is 11.3. The Morgan fingerprint density at radius 1 is 2.00 bits per heavy atom. The van der Waals surface area contributed by atoms with Gasteiger partial charge < -0.3 is 5.73 Å². The molecule has 0 aliphatic carbocycles. The number of nitrogens with two attached hydrogens (primary N) is 1. The molecule has 3 N–H and O–H groups in total. The average molecular weight is 106 g/mol. The Morgan fingerprint density at radius 2 is 2.71 bits per heavy atom. The standard InChI is InChI=1S/C3H6N2O2/c4-2-1-7-5-3(2)6/h2H,1,4H2,(H,5,6)/t2-/m1/s1/i1+1,2+1,3+1,4+1. The summed E-state index contributed by atoms with van der Waals surface area (Å²) < 4.78 is 0. The van der Waals surface area contributed by atoms with Crippen LogP contribution in [0.4, 0.5) is 0 Å². The van der Waals surface area contributed by atoms with Crippen molar-refractivity contribution in [2.45, 2.75) is 6.04 Å². The fraction of sp³-hybridized carbons (Fsp3) is 0.667. The summed E-state index contributed by atoms with van der Waals surface area (Å²) in [7, 11) is 0. The van der Waals surface area contributed by atoms with Crippen LogP contribution in [-0.2, 0) is 9.63 Å². The van der Waals surface area contributed by atoms with Crippen LogP contribution in [0.1, 0.15) is 0 Å². The molecule has 40 valence electrons. The minimum Gasteiger partial charge on any atom is -0.318 e. The second-order valence-corrected chi connectivity index (χ2v) is 1.38. The van der Waals surface area contributed by atoms with Gasteiger partial charge in [-0.2, -0.15) is 0 Å². The Bertz CT molecular complexity index is 92.9. The molecule has 1 atom stereocenters. The van der Waals surface area contributed by atoms with Crippen LogP contribution < -0.4 is 11.2 Å². The number of nitrogens with one attached hydrogen (secondary N) is 1. The monoisotopic (exact) mass is 106 g/mol. The molecule has 1 fully saturated rings. The molecule has 1 amide bonds. The Hall–Kier alpha value is -0.610. The third kappa shape index (κ3) is 0.703. The van der Waals surface area contributed by atoms with Crippen LogP contribution in [0.3, 0.4) is 0 Å². The van der Waals surface area contributed by atoms with Crippen molar-refractivity contribution < 1.29 is 9.63 Å². The normalized spacial score (nSPS) is 30.4.